The molecule has 0 saturated heterocycles. The Bertz CT molecular complexity index is 609. The minimum atomic E-state index is -0.558. The van der Waals surface area contributed by atoms with Crippen molar-refractivity contribution in [2.45, 2.75) is 19.9 Å². The summed E-state index contributed by atoms with van der Waals surface area (Å²) in [7, 11) is 0. The van der Waals surface area contributed by atoms with Gasteiger partial charge in [-0.3, -0.25) is 4.79 Å². The normalized spacial score (nSPS) is 10.7. The Labute approximate surface area is 116 Å². The van der Waals surface area contributed by atoms with E-state index in [1.807, 2.05) is 6.07 Å². The maximum Gasteiger partial charge on any atom is 0.251 e. The molecule has 2 rings (SSSR count). The second-order valence-electron chi connectivity index (χ2n) is 4.53. The van der Waals surface area contributed by atoms with Gasteiger partial charge in [-0.05, 0) is 36.7 Å². The highest BCUT2D eigenvalue weighted by molar-refractivity contribution is 5.92. The molecule has 0 radical (unpaired) electrons. The molecule has 0 spiro atoms. The molecule has 0 aliphatic carbocycles. The van der Waals surface area contributed by atoms with Gasteiger partial charge in [0.15, 0.2) is 0 Å². The van der Waals surface area contributed by atoms with E-state index in [1.165, 1.54) is 29.2 Å². The predicted octanol–water partition coefficient (Wildman–Crippen LogP) is 1.61. The number of primary amides is 1. The third kappa shape index (κ3) is 3.42. The van der Waals surface area contributed by atoms with Crippen LogP contribution in [0.2, 0.25) is 0 Å². The Hall–Kier alpha value is -2.21. The van der Waals surface area contributed by atoms with Gasteiger partial charge in [-0.2, -0.15) is 5.10 Å². The molecular weight excluding hydrogens is 259 g/mol. The van der Waals surface area contributed by atoms with Crippen molar-refractivity contribution in [1.29, 1.82) is 0 Å². The number of hydrogen-bond donors (Lipinski definition) is 2. The van der Waals surface area contributed by atoms with Crippen molar-refractivity contribution >= 4 is 5.91 Å². The number of amides is 1. The van der Waals surface area contributed by atoms with Crippen LogP contribution in [-0.2, 0) is 6.54 Å². The number of hydrogen-bond acceptors (Lipinski definition) is 3. The monoisotopic (exact) mass is 276 g/mol. The minimum Gasteiger partial charge on any atom is -0.366 e. The summed E-state index contributed by atoms with van der Waals surface area (Å²) in [6.07, 6.45) is 3.87. The van der Waals surface area contributed by atoms with Crippen molar-refractivity contribution < 1.29 is 9.18 Å². The maximum atomic E-state index is 13.6. The molecule has 0 fully saturated rings. The largest absolute Gasteiger partial charge is 0.366 e. The van der Waals surface area contributed by atoms with Gasteiger partial charge in [-0.25, -0.2) is 9.07 Å². The first-order chi connectivity index (χ1) is 9.60. The maximum absolute atomic E-state index is 13.6. The number of carbonyl (C=O) groups is 1. The van der Waals surface area contributed by atoms with E-state index in [2.05, 4.69) is 17.3 Å². The van der Waals surface area contributed by atoms with Crippen LogP contribution in [0.4, 0.5) is 4.39 Å². The lowest BCUT2D eigenvalue weighted by molar-refractivity contribution is 0.100. The molecule has 0 aliphatic rings. The van der Waals surface area contributed by atoms with Crippen molar-refractivity contribution in [3.63, 3.8) is 0 Å². The van der Waals surface area contributed by atoms with Gasteiger partial charge in [-0.15, -0.1) is 0 Å². The fourth-order valence-electron chi connectivity index (χ4n) is 1.87. The summed E-state index contributed by atoms with van der Waals surface area (Å²) in [5.41, 5.74) is 6.85. The van der Waals surface area contributed by atoms with Crippen LogP contribution in [0.5, 0.6) is 0 Å². The first-order valence-electron chi connectivity index (χ1n) is 6.45. The van der Waals surface area contributed by atoms with Gasteiger partial charge < -0.3 is 11.1 Å². The fraction of sp³-hybridized carbons (Fsp3) is 0.286. The summed E-state index contributed by atoms with van der Waals surface area (Å²) in [6, 6.07) is 4.66. The van der Waals surface area contributed by atoms with Crippen LogP contribution in [-0.4, -0.2) is 22.2 Å². The SMILES string of the molecule is CCCNCc1cc(F)cc(-n2cc(C(N)=O)cn2)c1. The van der Waals surface area contributed by atoms with Crippen molar-refractivity contribution in [3.05, 3.63) is 47.5 Å². The van der Waals surface area contributed by atoms with E-state index in [0.29, 0.717) is 17.8 Å². The number of rotatable bonds is 6. The van der Waals surface area contributed by atoms with E-state index in [1.54, 1.807) is 0 Å². The third-order valence-corrected chi connectivity index (χ3v) is 2.83. The summed E-state index contributed by atoms with van der Waals surface area (Å²) in [5.74, 6) is -0.899. The van der Waals surface area contributed by atoms with Crippen molar-refractivity contribution in [3.8, 4) is 5.69 Å². The third-order valence-electron chi connectivity index (χ3n) is 2.83. The van der Waals surface area contributed by atoms with E-state index >= 15 is 0 Å². The summed E-state index contributed by atoms with van der Waals surface area (Å²) < 4.78 is 15.1. The molecule has 0 bridgehead atoms. The Morgan fingerprint density at radius 2 is 2.25 bits per heavy atom. The van der Waals surface area contributed by atoms with Crippen LogP contribution < -0.4 is 11.1 Å². The molecule has 1 aromatic heterocycles. The van der Waals surface area contributed by atoms with Gasteiger partial charge in [0.05, 0.1) is 17.4 Å². The number of aromatic nitrogens is 2. The van der Waals surface area contributed by atoms with Gasteiger partial charge >= 0.3 is 0 Å². The van der Waals surface area contributed by atoms with Crippen LogP contribution in [0.3, 0.4) is 0 Å². The zero-order valence-electron chi connectivity index (χ0n) is 11.3. The lowest BCUT2D eigenvalue weighted by Gasteiger charge is -2.07. The first kappa shape index (κ1) is 14.2. The second-order valence-corrected chi connectivity index (χ2v) is 4.53. The summed E-state index contributed by atoms with van der Waals surface area (Å²) in [4.78, 5) is 11.0. The van der Waals surface area contributed by atoms with Gasteiger partial charge in [-0.1, -0.05) is 6.92 Å². The minimum absolute atomic E-state index is 0.292. The van der Waals surface area contributed by atoms with Crippen LogP contribution in [0.15, 0.2) is 30.6 Å². The van der Waals surface area contributed by atoms with Gasteiger partial charge in [0.1, 0.15) is 5.82 Å². The van der Waals surface area contributed by atoms with Gasteiger partial charge in [0.25, 0.3) is 5.91 Å². The summed E-state index contributed by atoms with van der Waals surface area (Å²) in [6.45, 7) is 3.53. The molecule has 106 valence electrons. The highest BCUT2D eigenvalue weighted by Gasteiger charge is 2.07. The first-order valence-corrected chi connectivity index (χ1v) is 6.45. The Balaban J connectivity index is 2.24. The number of halogens is 1. The molecule has 0 saturated carbocycles. The molecule has 2 aromatic rings. The molecule has 3 N–H and O–H groups in total. The number of nitrogens with two attached hydrogens (primary N) is 1. The number of carbonyl (C=O) groups excluding carboxylic acids is 1. The summed E-state index contributed by atoms with van der Waals surface area (Å²) >= 11 is 0. The molecule has 0 atom stereocenters. The Kier molecular flexibility index (Phi) is 4.47. The lowest BCUT2D eigenvalue weighted by atomic mass is 10.2. The Morgan fingerprint density at radius 3 is 2.90 bits per heavy atom. The van der Waals surface area contributed by atoms with Crippen molar-refractivity contribution in [2.24, 2.45) is 5.73 Å². The van der Waals surface area contributed by atoms with Crippen LogP contribution in [0.25, 0.3) is 5.69 Å². The zero-order chi connectivity index (χ0) is 14.5. The van der Waals surface area contributed by atoms with E-state index in [0.717, 1.165) is 18.5 Å². The second kappa shape index (κ2) is 6.29. The smallest absolute Gasteiger partial charge is 0.251 e. The molecule has 0 unspecified atom stereocenters. The van der Waals surface area contributed by atoms with E-state index < -0.39 is 5.91 Å². The van der Waals surface area contributed by atoms with E-state index in [9.17, 15) is 9.18 Å². The highest BCUT2D eigenvalue weighted by atomic mass is 19.1. The molecule has 0 aliphatic heterocycles. The van der Waals surface area contributed by atoms with Crippen LogP contribution >= 0.6 is 0 Å². The molecule has 1 amide bonds. The van der Waals surface area contributed by atoms with Gasteiger partial charge in [0.2, 0.25) is 0 Å². The molecule has 20 heavy (non-hydrogen) atoms. The zero-order valence-corrected chi connectivity index (χ0v) is 11.3. The van der Waals surface area contributed by atoms with Gasteiger partial charge in [0, 0.05) is 12.7 Å². The van der Waals surface area contributed by atoms with E-state index in [4.69, 9.17) is 5.73 Å². The number of nitrogens with one attached hydrogen (secondary N) is 1. The average molecular weight is 276 g/mol. The molecule has 1 heterocycles. The van der Waals surface area contributed by atoms with Crippen LogP contribution in [0.1, 0.15) is 29.3 Å². The number of benzene rings is 1. The highest BCUT2D eigenvalue weighted by Crippen LogP contribution is 2.14. The average Bonchev–Trinajstić information content (AvgIpc) is 2.88. The molecule has 5 nitrogen and oxygen atoms in total. The quantitative estimate of drug-likeness (QED) is 0.787. The predicted molar refractivity (Wildman–Crippen MR) is 74.0 cm³/mol. The van der Waals surface area contributed by atoms with Crippen LogP contribution in [0, 0.1) is 5.82 Å². The van der Waals surface area contributed by atoms with Crippen molar-refractivity contribution in [1.82, 2.24) is 15.1 Å². The Morgan fingerprint density at radius 1 is 1.45 bits per heavy atom. The summed E-state index contributed by atoms with van der Waals surface area (Å²) in [5, 5.41) is 7.23. The molecule has 1 aromatic carbocycles. The molecule has 6 heteroatoms. The molecular formula is C14H17FN4O. The lowest BCUT2D eigenvalue weighted by Crippen LogP contribution is -2.14. The topological polar surface area (TPSA) is 72.9 Å². The standard InChI is InChI=1S/C14H17FN4O/c1-2-3-17-7-10-4-12(15)6-13(5-10)19-9-11(8-18-19)14(16)20/h4-6,8-9,17H,2-3,7H2,1H3,(H2,16,20). The number of nitrogens with zero attached hydrogens (tertiary/aromatic N) is 2. The van der Waals surface area contributed by atoms with Crippen molar-refractivity contribution in [2.75, 3.05) is 6.54 Å². The fourth-order valence-corrected chi connectivity index (χ4v) is 1.87. The van der Waals surface area contributed by atoms with E-state index in [-0.39, 0.29) is 5.82 Å².